The largest absolute Gasteiger partial charge is 0.484 e. The highest BCUT2D eigenvalue weighted by Crippen LogP contribution is 2.23. The fourth-order valence-electron chi connectivity index (χ4n) is 3.66. The number of nitrogens with one attached hydrogen (secondary N) is 1. The van der Waals surface area contributed by atoms with E-state index in [0.717, 1.165) is 38.5 Å². The second-order valence-electron chi connectivity index (χ2n) is 7.43. The number of ether oxygens (including phenoxy) is 1. The van der Waals surface area contributed by atoms with E-state index < -0.39 is 10.0 Å². The maximum Gasteiger partial charge on any atom is 0.257 e. The first-order valence-corrected chi connectivity index (χ1v) is 11.7. The third kappa shape index (κ3) is 5.82. The van der Waals surface area contributed by atoms with Crippen LogP contribution < -0.4 is 10.1 Å². The second-order valence-corrected chi connectivity index (χ2v) is 9.37. The number of carbonyl (C=O) groups is 1. The SMILES string of the molecule is O=C(COc1ccc(S(=O)(=O)N2CCCCC2)cc1)NCCC1=CCCCC1. The summed E-state index contributed by atoms with van der Waals surface area (Å²) in [5.41, 5.74) is 1.43. The van der Waals surface area contributed by atoms with Gasteiger partial charge in [-0.15, -0.1) is 0 Å². The van der Waals surface area contributed by atoms with Crippen LogP contribution >= 0.6 is 0 Å². The number of hydrogen-bond acceptors (Lipinski definition) is 4. The van der Waals surface area contributed by atoms with Crippen LogP contribution in [-0.2, 0) is 14.8 Å². The molecule has 0 unspecified atom stereocenters. The van der Waals surface area contributed by atoms with Gasteiger partial charge in [-0.2, -0.15) is 4.31 Å². The smallest absolute Gasteiger partial charge is 0.257 e. The van der Waals surface area contributed by atoms with Crippen molar-refractivity contribution >= 4 is 15.9 Å². The number of sulfonamides is 1. The minimum atomic E-state index is -3.44. The van der Waals surface area contributed by atoms with E-state index in [0.29, 0.717) is 25.4 Å². The Hall–Kier alpha value is -1.86. The number of hydrogen-bond donors (Lipinski definition) is 1. The molecule has 0 spiro atoms. The molecule has 1 aliphatic carbocycles. The van der Waals surface area contributed by atoms with E-state index in [-0.39, 0.29) is 17.4 Å². The Morgan fingerprint density at radius 1 is 1.04 bits per heavy atom. The summed E-state index contributed by atoms with van der Waals surface area (Å²) >= 11 is 0. The van der Waals surface area contributed by atoms with Crippen LogP contribution in [0.1, 0.15) is 51.4 Å². The highest BCUT2D eigenvalue weighted by molar-refractivity contribution is 7.89. The van der Waals surface area contributed by atoms with Gasteiger partial charge in [-0.05, 0) is 69.2 Å². The van der Waals surface area contributed by atoms with Crippen LogP contribution in [0.25, 0.3) is 0 Å². The number of benzene rings is 1. The van der Waals surface area contributed by atoms with Crippen molar-refractivity contribution in [2.45, 2.75) is 56.3 Å². The van der Waals surface area contributed by atoms with E-state index in [1.54, 1.807) is 28.6 Å². The topological polar surface area (TPSA) is 75.7 Å². The number of piperidine rings is 1. The molecule has 1 aromatic rings. The fourth-order valence-corrected chi connectivity index (χ4v) is 5.17. The average Bonchev–Trinajstić information content (AvgIpc) is 2.74. The van der Waals surface area contributed by atoms with Gasteiger partial charge in [0.2, 0.25) is 10.0 Å². The molecule has 154 valence electrons. The predicted octanol–water partition coefficient (Wildman–Crippen LogP) is 3.25. The van der Waals surface area contributed by atoms with E-state index in [4.69, 9.17) is 4.74 Å². The summed E-state index contributed by atoms with van der Waals surface area (Å²) < 4.78 is 32.3. The van der Waals surface area contributed by atoms with Gasteiger partial charge >= 0.3 is 0 Å². The molecule has 0 radical (unpaired) electrons. The van der Waals surface area contributed by atoms with Gasteiger partial charge in [0.1, 0.15) is 5.75 Å². The summed E-state index contributed by atoms with van der Waals surface area (Å²) in [4.78, 5) is 12.2. The molecule has 1 aromatic carbocycles. The Balaban J connectivity index is 1.43. The zero-order chi connectivity index (χ0) is 19.8. The first-order chi connectivity index (χ1) is 13.6. The number of carbonyl (C=O) groups excluding carboxylic acids is 1. The molecule has 0 bridgehead atoms. The lowest BCUT2D eigenvalue weighted by atomic mass is 9.97. The molecule has 6 nitrogen and oxygen atoms in total. The first-order valence-electron chi connectivity index (χ1n) is 10.2. The third-order valence-electron chi connectivity index (χ3n) is 5.30. The van der Waals surface area contributed by atoms with Crippen LogP contribution in [-0.4, -0.2) is 44.9 Å². The van der Waals surface area contributed by atoms with Crippen LogP contribution in [0.4, 0.5) is 0 Å². The number of nitrogens with zero attached hydrogens (tertiary/aromatic N) is 1. The minimum absolute atomic E-state index is 0.0722. The van der Waals surface area contributed by atoms with Gasteiger partial charge in [0.25, 0.3) is 5.91 Å². The molecule has 1 heterocycles. The summed E-state index contributed by atoms with van der Waals surface area (Å²) in [6, 6.07) is 6.31. The van der Waals surface area contributed by atoms with Crippen molar-refractivity contribution < 1.29 is 17.9 Å². The molecule has 0 aromatic heterocycles. The molecule has 1 fully saturated rings. The number of amides is 1. The van der Waals surface area contributed by atoms with Crippen molar-refractivity contribution in [3.8, 4) is 5.75 Å². The van der Waals surface area contributed by atoms with Gasteiger partial charge in [-0.1, -0.05) is 18.1 Å². The van der Waals surface area contributed by atoms with Gasteiger partial charge in [0, 0.05) is 19.6 Å². The van der Waals surface area contributed by atoms with Crippen molar-refractivity contribution in [2.75, 3.05) is 26.2 Å². The average molecular weight is 407 g/mol. The lowest BCUT2D eigenvalue weighted by Gasteiger charge is -2.25. The van der Waals surface area contributed by atoms with Crippen molar-refractivity contribution in [3.63, 3.8) is 0 Å². The standard InChI is InChI=1S/C21H30N2O4S/c24-21(22-14-13-18-7-3-1-4-8-18)17-27-19-9-11-20(12-10-19)28(25,26)23-15-5-2-6-16-23/h7,9-12H,1-6,8,13-17H2,(H,22,24). The van der Waals surface area contributed by atoms with Gasteiger partial charge in [-0.25, -0.2) is 8.42 Å². The predicted molar refractivity (Wildman–Crippen MR) is 109 cm³/mol. The molecule has 2 aliphatic rings. The lowest BCUT2D eigenvalue weighted by Crippen LogP contribution is -2.35. The van der Waals surface area contributed by atoms with Crippen LogP contribution in [0, 0.1) is 0 Å². The van der Waals surface area contributed by atoms with Crippen molar-refractivity contribution in [1.29, 1.82) is 0 Å². The molecule has 1 saturated heterocycles. The highest BCUT2D eigenvalue weighted by atomic mass is 32.2. The Bertz CT molecular complexity index is 781. The van der Waals surface area contributed by atoms with E-state index in [1.807, 2.05) is 0 Å². The summed E-state index contributed by atoms with van der Waals surface area (Å²) in [6.07, 6.45) is 10.9. The van der Waals surface area contributed by atoms with Crippen LogP contribution in [0.5, 0.6) is 5.75 Å². The molecular formula is C21H30N2O4S. The Kier molecular flexibility index (Phi) is 7.50. The molecule has 1 aliphatic heterocycles. The normalized spacial score (nSPS) is 18.4. The molecule has 0 atom stereocenters. The third-order valence-corrected chi connectivity index (χ3v) is 7.21. The number of rotatable bonds is 8. The van der Waals surface area contributed by atoms with Crippen LogP contribution in [0.2, 0.25) is 0 Å². The summed E-state index contributed by atoms with van der Waals surface area (Å²) in [5.74, 6) is 0.323. The molecule has 3 rings (SSSR count). The maximum absolute atomic E-state index is 12.6. The van der Waals surface area contributed by atoms with Gasteiger partial charge < -0.3 is 10.1 Å². The Morgan fingerprint density at radius 3 is 2.46 bits per heavy atom. The maximum atomic E-state index is 12.6. The van der Waals surface area contributed by atoms with E-state index in [1.165, 1.54) is 18.4 Å². The van der Waals surface area contributed by atoms with Gasteiger partial charge in [0.05, 0.1) is 4.90 Å². The molecule has 28 heavy (non-hydrogen) atoms. The van der Waals surface area contributed by atoms with Crippen molar-refractivity contribution in [3.05, 3.63) is 35.9 Å². The first kappa shape index (κ1) is 20.9. The second kappa shape index (κ2) is 10.1. The van der Waals surface area contributed by atoms with Crippen LogP contribution in [0.3, 0.4) is 0 Å². The summed E-state index contributed by atoms with van der Waals surface area (Å²) in [7, 11) is -3.44. The highest BCUT2D eigenvalue weighted by Gasteiger charge is 2.25. The quantitative estimate of drug-likeness (QED) is 0.673. The van der Waals surface area contributed by atoms with Crippen molar-refractivity contribution in [1.82, 2.24) is 9.62 Å². The molecular weight excluding hydrogens is 376 g/mol. The zero-order valence-electron chi connectivity index (χ0n) is 16.4. The Labute approximate surface area is 168 Å². The molecule has 0 saturated carbocycles. The fraction of sp³-hybridized carbons (Fsp3) is 0.571. The number of allylic oxidation sites excluding steroid dienone is 1. The monoisotopic (exact) mass is 406 g/mol. The van der Waals surface area contributed by atoms with E-state index in [2.05, 4.69) is 11.4 Å². The molecule has 7 heteroatoms. The summed E-state index contributed by atoms with van der Waals surface area (Å²) in [5, 5.41) is 2.87. The summed E-state index contributed by atoms with van der Waals surface area (Å²) in [6.45, 7) is 1.72. The van der Waals surface area contributed by atoms with Crippen molar-refractivity contribution in [2.24, 2.45) is 0 Å². The lowest BCUT2D eigenvalue weighted by molar-refractivity contribution is -0.123. The zero-order valence-corrected chi connectivity index (χ0v) is 17.2. The van der Waals surface area contributed by atoms with Gasteiger partial charge in [0.15, 0.2) is 6.61 Å². The van der Waals surface area contributed by atoms with Gasteiger partial charge in [-0.3, -0.25) is 4.79 Å². The van der Waals surface area contributed by atoms with E-state index in [9.17, 15) is 13.2 Å². The van der Waals surface area contributed by atoms with Crippen LogP contribution in [0.15, 0.2) is 40.8 Å². The molecule has 1 amide bonds. The minimum Gasteiger partial charge on any atom is -0.484 e. The van der Waals surface area contributed by atoms with E-state index >= 15 is 0 Å². The molecule has 1 N–H and O–H groups in total. The Morgan fingerprint density at radius 2 is 1.79 bits per heavy atom.